The van der Waals surface area contributed by atoms with Crippen molar-refractivity contribution in [3.63, 3.8) is 0 Å². The fraction of sp³-hybridized carbons (Fsp3) is 0.688. The minimum absolute atomic E-state index is 0.155. The van der Waals surface area contributed by atoms with E-state index in [1.165, 1.54) is 4.90 Å². The number of rotatable bonds is 4. The van der Waals surface area contributed by atoms with Crippen LogP contribution in [0.3, 0.4) is 0 Å². The average Bonchev–Trinajstić information content (AvgIpc) is 2.94. The number of amides is 1. The normalized spacial score (nSPS) is 22.2. The standard InChI is InChI=1S/C16H22FN3O3/c1-3-19-10-18-12-9-20(15(22)16(17)6-5-7-16)8-11(13(12)19)14(21)23-4-2/h10-11H,3-9H2,1-2H3/t11-/m0/s1. The lowest BCUT2D eigenvalue weighted by molar-refractivity contribution is -0.154. The molecule has 0 unspecified atom stereocenters. The highest BCUT2D eigenvalue weighted by atomic mass is 19.1. The fourth-order valence-electron chi connectivity index (χ4n) is 3.33. The van der Waals surface area contributed by atoms with Crippen LogP contribution in [0.15, 0.2) is 6.33 Å². The molecule has 3 rings (SSSR count). The Kier molecular flexibility index (Phi) is 4.12. The number of carbonyl (C=O) groups is 2. The summed E-state index contributed by atoms with van der Waals surface area (Å²) in [6.45, 7) is 5.06. The maximum Gasteiger partial charge on any atom is 0.316 e. The number of halogens is 1. The highest BCUT2D eigenvalue weighted by Crippen LogP contribution is 2.39. The summed E-state index contributed by atoms with van der Waals surface area (Å²) in [5.74, 6) is -1.51. The zero-order chi connectivity index (χ0) is 16.6. The van der Waals surface area contributed by atoms with Gasteiger partial charge in [0, 0.05) is 13.1 Å². The maximum absolute atomic E-state index is 14.5. The van der Waals surface area contributed by atoms with Crippen LogP contribution in [0.2, 0.25) is 0 Å². The summed E-state index contributed by atoms with van der Waals surface area (Å²) in [7, 11) is 0. The molecule has 1 aliphatic carbocycles. The Morgan fingerprint density at radius 2 is 2.17 bits per heavy atom. The van der Waals surface area contributed by atoms with Crippen LogP contribution in [0.5, 0.6) is 0 Å². The molecule has 0 saturated heterocycles. The molecule has 2 heterocycles. The highest BCUT2D eigenvalue weighted by Gasteiger charge is 2.49. The van der Waals surface area contributed by atoms with Crippen LogP contribution >= 0.6 is 0 Å². The van der Waals surface area contributed by atoms with E-state index in [2.05, 4.69) is 4.98 Å². The van der Waals surface area contributed by atoms with Gasteiger partial charge >= 0.3 is 5.97 Å². The molecular weight excluding hydrogens is 301 g/mol. The van der Waals surface area contributed by atoms with Crippen LogP contribution < -0.4 is 0 Å². The molecule has 0 radical (unpaired) electrons. The number of carbonyl (C=O) groups excluding carboxylic acids is 2. The molecule has 0 spiro atoms. The van der Waals surface area contributed by atoms with Gasteiger partial charge in [-0.3, -0.25) is 9.59 Å². The van der Waals surface area contributed by atoms with Crippen molar-refractivity contribution in [2.45, 2.75) is 57.8 Å². The third-order valence-corrected chi connectivity index (χ3v) is 4.76. The number of aryl methyl sites for hydroxylation is 1. The number of ether oxygens (including phenoxy) is 1. The van der Waals surface area contributed by atoms with E-state index >= 15 is 0 Å². The lowest BCUT2D eigenvalue weighted by Gasteiger charge is -2.39. The monoisotopic (exact) mass is 323 g/mol. The summed E-state index contributed by atoms with van der Waals surface area (Å²) >= 11 is 0. The summed E-state index contributed by atoms with van der Waals surface area (Å²) in [5, 5.41) is 0. The Bertz CT molecular complexity index is 624. The van der Waals surface area contributed by atoms with Gasteiger partial charge in [-0.1, -0.05) is 0 Å². The second kappa shape index (κ2) is 5.94. The van der Waals surface area contributed by atoms with Crippen LogP contribution in [-0.2, 0) is 27.4 Å². The second-order valence-electron chi connectivity index (χ2n) is 6.17. The molecule has 1 fully saturated rings. The summed E-state index contributed by atoms with van der Waals surface area (Å²) in [6.07, 6.45) is 2.93. The molecular formula is C16H22FN3O3. The van der Waals surface area contributed by atoms with E-state index in [0.29, 0.717) is 12.2 Å². The Morgan fingerprint density at radius 3 is 2.74 bits per heavy atom. The predicted octanol–water partition coefficient (Wildman–Crippen LogP) is 1.78. The molecule has 6 nitrogen and oxygen atoms in total. The van der Waals surface area contributed by atoms with Gasteiger partial charge in [-0.05, 0) is 33.1 Å². The van der Waals surface area contributed by atoms with Crippen molar-refractivity contribution >= 4 is 11.9 Å². The van der Waals surface area contributed by atoms with Gasteiger partial charge in [0.15, 0.2) is 5.67 Å². The number of hydrogen-bond acceptors (Lipinski definition) is 4. The van der Waals surface area contributed by atoms with Crippen LogP contribution in [0, 0.1) is 0 Å². The van der Waals surface area contributed by atoms with Crippen molar-refractivity contribution in [1.82, 2.24) is 14.5 Å². The zero-order valence-corrected chi connectivity index (χ0v) is 13.5. The summed E-state index contributed by atoms with van der Waals surface area (Å²) in [4.78, 5) is 30.6. The maximum atomic E-state index is 14.5. The molecule has 0 aromatic carbocycles. The molecule has 126 valence electrons. The minimum atomic E-state index is -1.76. The summed E-state index contributed by atoms with van der Waals surface area (Å²) in [5.41, 5.74) is -0.312. The largest absolute Gasteiger partial charge is 0.465 e. The van der Waals surface area contributed by atoms with Gasteiger partial charge in [-0.25, -0.2) is 9.37 Å². The van der Waals surface area contributed by atoms with Gasteiger partial charge in [0.25, 0.3) is 5.91 Å². The van der Waals surface area contributed by atoms with Crippen LogP contribution in [0.4, 0.5) is 4.39 Å². The van der Waals surface area contributed by atoms with E-state index < -0.39 is 17.5 Å². The Balaban J connectivity index is 1.90. The van der Waals surface area contributed by atoms with Crippen LogP contribution in [-0.4, -0.2) is 45.1 Å². The number of imidazole rings is 1. The Hall–Kier alpha value is -1.92. The molecule has 1 aromatic heterocycles. The molecule has 1 amide bonds. The smallest absolute Gasteiger partial charge is 0.316 e. The molecule has 0 bridgehead atoms. The first kappa shape index (κ1) is 16.0. The molecule has 1 aliphatic heterocycles. The van der Waals surface area contributed by atoms with Crippen molar-refractivity contribution in [1.29, 1.82) is 0 Å². The number of nitrogens with zero attached hydrogens (tertiary/aromatic N) is 3. The minimum Gasteiger partial charge on any atom is -0.465 e. The van der Waals surface area contributed by atoms with E-state index in [4.69, 9.17) is 4.74 Å². The van der Waals surface area contributed by atoms with Crippen molar-refractivity contribution in [3.8, 4) is 0 Å². The lowest BCUT2D eigenvalue weighted by atomic mass is 9.80. The molecule has 1 aromatic rings. The van der Waals surface area contributed by atoms with E-state index in [-0.39, 0.29) is 38.5 Å². The van der Waals surface area contributed by atoms with E-state index in [0.717, 1.165) is 12.1 Å². The van der Waals surface area contributed by atoms with Gasteiger partial charge in [0.05, 0.1) is 30.9 Å². The lowest BCUT2D eigenvalue weighted by Crippen LogP contribution is -2.53. The number of hydrogen-bond donors (Lipinski definition) is 0. The number of aromatic nitrogens is 2. The molecule has 2 aliphatic rings. The van der Waals surface area contributed by atoms with Crippen LogP contribution in [0.25, 0.3) is 0 Å². The molecule has 7 heteroatoms. The summed E-state index contributed by atoms with van der Waals surface area (Å²) in [6, 6.07) is 0. The van der Waals surface area contributed by atoms with Crippen molar-refractivity contribution in [2.75, 3.05) is 13.2 Å². The molecule has 1 saturated carbocycles. The fourth-order valence-corrected chi connectivity index (χ4v) is 3.33. The Labute approximate surface area is 134 Å². The second-order valence-corrected chi connectivity index (χ2v) is 6.17. The average molecular weight is 323 g/mol. The number of esters is 1. The quantitative estimate of drug-likeness (QED) is 0.792. The topological polar surface area (TPSA) is 64.4 Å². The zero-order valence-electron chi connectivity index (χ0n) is 13.5. The highest BCUT2D eigenvalue weighted by molar-refractivity contribution is 5.88. The van der Waals surface area contributed by atoms with Crippen molar-refractivity contribution < 1.29 is 18.7 Å². The van der Waals surface area contributed by atoms with Gasteiger partial charge in [-0.15, -0.1) is 0 Å². The number of fused-ring (bicyclic) bond motifs is 1. The first-order valence-electron chi connectivity index (χ1n) is 8.19. The third kappa shape index (κ3) is 2.62. The first-order valence-corrected chi connectivity index (χ1v) is 8.19. The van der Waals surface area contributed by atoms with E-state index in [1.807, 2.05) is 11.5 Å². The van der Waals surface area contributed by atoms with E-state index in [1.54, 1.807) is 13.3 Å². The van der Waals surface area contributed by atoms with Crippen molar-refractivity contribution in [2.24, 2.45) is 0 Å². The number of alkyl halides is 1. The summed E-state index contributed by atoms with van der Waals surface area (Å²) < 4.78 is 21.5. The predicted molar refractivity (Wildman–Crippen MR) is 80.4 cm³/mol. The molecule has 1 atom stereocenters. The van der Waals surface area contributed by atoms with Gasteiger partial charge in [-0.2, -0.15) is 0 Å². The molecule has 23 heavy (non-hydrogen) atoms. The van der Waals surface area contributed by atoms with Gasteiger partial charge < -0.3 is 14.2 Å². The van der Waals surface area contributed by atoms with Gasteiger partial charge in [0.1, 0.15) is 5.92 Å². The molecule has 0 N–H and O–H groups in total. The third-order valence-electron chi connectivity index (χ3n) is 4.76. The van der Waals surface area contributed by atoms with Crippen molar-refractivity contribution in [3.05, 3.63) is 17.7 Å². The SMILES string of the molecule is CCOC(=O)[C@H]1CN(C(=O)C2(F)CCC2)Cc2ncn(CC)c21. The van der Waals surface area contributed by atoms with Gasteiger partial charge in [0.2, 0.25) is 0 Å². The van der Waals surface area contributed by atoms with E-state index in [9.17, 15) is 14.0 Å². The Morgan fingerprint density at radius 1 is 1.43 bits per heavy atom. The first-order chi connectivity index (χ1) is 11.0. The van der Waals surface area contributed by atoms with Crippen LogP contribution in [0.1, 0.15) is 50.4 Å².